The Labute approximate surface area is 96.8 Å². The molecule has 2 rings (SSSR count). The van der Waals surface area contributed by atoms with E-state index >= 15 is 0 Å². The molecule has 0 saturated carbocycles. The van der Waals surface area contributed by atoms with Gasteiger partial charge in [0.05, 0.1) is 22.8 Å². The number of aliphatic hydroxyl groups is 2. The van der Waals surface area contributed by atoms with Gasteiger partial charge in [0.1, 0.15) is 18.5 Å². The second kappa shape index (κ2) is 4.56. The average Bonchev–Trinajstić information content (AvgIpc) is 2.50. The Morgan fingerprint density at radius 3 is 3.00 bits per heavy atom. The summed E-state index contributed by atoms with van der Waals surface area (Å²) in [5.74, 6) is 0.399. The SMILES string of the molecule is O=[N+]([O-])c1ccc2c(c1CO)NCC(O)CO2. The standard InChI is InChI=1S/C10H12N2O5/c13-4-7-8(12(15)16)1-2-9-10(7)11-3-6(14)5-17-9/h1-2,6,11,13-14H,3-5H2. The van der Waals surface area contributed by atoms with Gasteiger partial charge in [-0.1, -0.05) is 0 Å². The molecule has 7 nitrogen and oxygen atoms in total. The van der Waals surface area contributed by atoms with Crippen molar-refractivity contribution in [2.45, 2.75) is 12.7 Å². The number of ether oxygens (including phenoxy) is 1. The van der Waals surface area contributed by atoms with Crippen LogP contribution < -0.4 is 10.1 Å². The van der Waals surface area contributed by atoms with Crippen LogP contribution in [0.25, 0.3) is 0 Å². The first kappa shape index (κ1) is 11.6. The predicted molar refractivity (Wildman–Crippen MR) is 59.0 cm³/mol. The van der Waals surface area contributed by atoms with Crippen LogP contribution in [0.15, 0.2) is 12.1 Å². The molecule has 1 heterocycles. The minimum absolute atomic E-state index is 0.114. The molecule has 0 saturated heterocycles. The van der Waals surface area contributed by atoms with Gasteiger partial charge in [-0.15, -0.1) is 0 Å². The van der Waals surface area contributed by atoms with Gasteiger partial charge in [0.2, 0.25) is 0 Å². The van der Waals surface area contributed by atoms with E-state index in [0.717, 1.165) is 0 Å². The fourth-order valence-corrected chi connectivity index (χ4v) is 1.73. The van der Waals surface area contributed by atoms with Crippen LogP contribution in [-0.2, 0) is 6.61 Å². The molecule has 1 aromatic rings. The van der Waals surface area contributed by atoms with Crippen molar-refractivity contribution < 1.29 is 19.9 Å². The number of nitro benzene ring substituents is 1. The Hall–Kier alpha value is -1.86. The van der Waals surface area contributed by atoms with Crippen LogP contribution in [0.2, 0.25) is 0 Å². The van der Waals surface area contributed by atoms with Crippen molar-refractivity contribution in [3.63, 3.8) is 0 Å². The molecule has 0 aromatic heterocycles. The van der Waals surface area contributed by atoms with Crippen molar-refractivity contribution in [1.82, 2.24) is 0 Å². The third-order valence-corrected chi connectivity index (χ3v) is 2.55. The maximum Gasteiger partial charge on any atom is 0.277 e. The van der Waals surface area contributed by atoms with E-state index in [2.05, 4.69) is 5.32 Å². The van der Waals surface area contributed by atoms with Gasteiger partial charge in [0, 0.05) is 12.6 Å². The van der Waals surface area contributed by atoms with Gasteiger partial charge in [-0.3, -0.25) is 10.1 Å². The van der Waals surface area contributed by atoms with Crippen molar-refractivity contribution in [1.29, 1.82) is 0 Å². The lowest BCUT2D eigenvalue weighted by atomic mass is 10.1. The molecule has 92 valence electrons. The number of hydrogen-bond donors (Lipinski definition) is 3. The summed E-state index contributed by atoms with van der Waals surface area (Å²) in [7, 11) is 0. The number of nitrogens with zero attached hydrogens (tertiary/aromatic N) is 1. The third kappa shape index (κ3) is 2.15. The van der Waals surface area contributed by atoms with Crippen molar-refractivity contribution in [2.75, 3.05) is 18.5 Å². The molecule has 17 heavy (non-hydrogen) atoms. The van der Waals surface area contributed by atoms with E-state index in [1.54, 1.807) is 0 Å². The van der Waals surface area contributed by atoms with Crippen LogP contribution in [0, 0.1) is 10.1 Å². The first-order valence-corrected chi connectivity index (χ1v) is 5.09. The Balaban J connectivity index is 2.49. The monoisotopic (exact) mass is 240 g/mol. The number of nitro groups is 1. The fourth-order valence-electron chi connectivity index (χ4n) is 1.73. The van der Waals surface area contributed by atoms with E-state index in [1.165, 1.54) is 12.1 Å². The van der Waals surface area contributed by atoms with Crippen LogP contribution in [0.5, 0.6) is 5.75 Å². The Morgan fingerprint density at radius 2 is 2.35 bits per heavy atom. The molecular weight excluding hydrogens is 228 g/mol. The highest BCUT2D eigenvalue weighted by Gasteiger charge is 2.23. The zero-order valence-electron chi connectivity index (χ0n) is 8.92. The van der Waals surface area contributed by atoms with Crippen molar-refractivity contribution in [3.05, 3.63) is 27.8 Å². The second-order valence-corrected chi connectivity index (χ2v) is 3.70. The number of nitrogens with one attached hydrogen (secondary N) is 1. The van der Waals surface area contributed by atoms with Crippen LogP contribution in [0.1, 0.15) is 5.56 Å². The summed E-state index contributed by atoms with van der Waals surface area (Å²) in [5, 5.41) is 32.3. The lowest BCUT2D eigenvalue weighted by molar-refractivity contribution is -0.385. The molecule has 1 aliphatic heterocycles. The van der Waals surface area contributed by atoms with E-state index in [1.807, 2.05) is 0 Å². The molecule has 0 bridgehead atoms. The number of anilines is 1. The summed E-state index contributed by atoms with van der Waals surface area (Å²) in [6, 6.07) is 2.74. The molecule has 3 N–H and O–H groups in total. The van der Waals surface area contributed by atoms with Crippen molar-refractivity contribution in [2.24, 2.45) is 0 Å². The van der Waals surface area contributed by atoms with E-state index < -0.39 is 17.6 Å². The van der Waals surface area contributed by atoms with Crippen LogP contribution in [0.4, 0.5) is 11.4 Å². The molecule has 0 radical (unpaired) electrons. The Morgan fingerprint density at radius 1 is 1.59 bits per heavy atom. The normalized spacial score (nSPS) is 18.6. The summed E-state index contributed by atoms with van der Waals surface area (Å²) < 4.78 is 5.29. The second-order valence-electron chi connectivity index (χ2n) is 3.70. The quantitative estimate of drug-likeness (QED) is 0.505. The first-order chi connectivity index (χ1) is 8.13. The molecule has 1 unspecified atom stereocenters. The maximum atomic E-state index is 10.8. The van der Waals surface area contributed by atoms with Crippen molar-refractivity contribution in [3.8, 4) is 5.75 Å². The van der Waals surface area contributed by atoms with Gasteiger partial charge < -0.3 is 20.3 Å². The molecule has 0 amide bonds. The molecule has 7 heteroatoms. The summed E-state index contributed by atoms with van der Waals surface area (Å²) >= 11 is 0. The van der Waals surface area contributed by atoms with Gasteiger partial charge in [-0.25, -0.2) is 0 Å². The van der Waals surface area contributed by atoms with Gasteiger partial charge in [0.15, 0.2) is 0 Å². The van der Waals surface area contributed by atoms with Crippen LogP contribution in [-0.4, -0.2) is 34.4 Å². The van der Waals surface area contributed by atoms with Gasteiger partial charge in [-0.2, -0.15) is 0 Å². The average molecular weight is 240 g/mol. The lowest BCUT2D eigenvalue weighted by Crippen LogP contribution is -2.23. The van der Waals surface area contributed by atoms with Gasteiger partial charge in [0.25, 0.3) is 5.69 Å². The number of hydrogen-bond acceptors (Lipinski definition) is 6. The first-order valence-electron chi connectivity index (χ1n) is 5.09. The van der Waals surface area contributed by atoms with E-state index in [9.17, 15) is 20.3 Å². The topological polar surface area (TPSA) is 105 Å². The molecule has 1 aliphatic rings. The number of aliphatic hydroxyl groups excluding tert-OH is 2. The summed E-state index contributed by atoms with van der Waals surface area (Å²) in [4.78, 5) is 10.2. The molecule has 0 spiro atoms. The van der Waals surface area contributed by atoms with Crippen LogP contribution >= 0.6 is 0 Å². The van der Waals surface area contributed by atoms with Crippen LogP contribution in [0.3, 0.4) is 0 Å². The van der Waals surface area contributed by atoms with Crippen molar-refractivity contribution >= 4 is 11.4 Å². The minimum atomic E-state index is -0.687. The molecule has 0 fully saturated rings. The largest absolute Gasteiger partial charge is 0.489 e. The highest BCUT2D eigenvalue weighted by molar-refractivity contribution is 5.69. The lowest BCUT2D eigenvalue weighted by Gasteiger charge is -2.11. The Bertz CT molecular complexity index is 449. The predicted octanol–water partition coefficient (Wildman–Crippen LogP) is 0.252. The minimum Gasteiger partial charge on any atom is -0.489 e. The summed E-state index contributed by atoms with van der Waals surface area (Å²) in [6.07, 6.45) is -0.687. The number of fused-ring (bicyclic) bond motifs is 1. The molecular formula is C10H12N2O5. The zero-order valence-corrected chi connectivity index (χ0v) is 8.92. The number of β-amino-alcohol motifs (C(OH)–C–C–N with tert-alkyl or cyclic N) is 1. The number of rotatable bonds is 2. The molecule has 1 aromatic carbocycles. The smallest absolute Gasteiger partial charge is 0.277 e. The highest BCUT2D eigenvalue weighted by atomic mass is 16.6. The van der Waals surface area contributed by atoms with E-state index in [-0.39, 0.29) is 24.4 Å². The summed E-state index contributed by atoms with van der Waals surface area (Å²) in [6.45, 7) is -0.129. The Kier molecular flexibility index (Phi) is 3.12. The van der Waals surface area contributed by atoms with E-state index in [0.29, 0.717) is 11.4 Å². The molecule has 0 aliphatic carbocycles. The van der Waals surface area contributed by atoms with E-state index in [4.69, 9.17) is 4.74 Å². The summed E-state index contributed by atoms with van der Waals surface area (Å²) in [5.41, 5.74) is 0.374. The third-order valence-electron chi connectivity index (χ3n) is 2.55. The fraction of sp³-hybridized carbons (Fsp3) is 0.400. The van der Waals surface area contributed by atoms with Gasteiger partial charge >= 0.3 is 0 Å². The highest BCUT2D eigenvalue weighted by Crippen LogP contribution is 2.36. The maximum absolute atomic E-state index is 10.8. The van der Waals surface area contributed by atoms with Gasteiger partial charge in [-0.05, 0) is 6.07 Å². The zero-order chi connectivity index (χ0) is 12.4. The number of benzene rings is 1. The molecule has 1 atom stereocenters.